The molecule has 0 spiro atoms. The molecule has 1 atom stereocenters. The largest absolute Gasteiger partial charge is 0.394 e. The van der Waals surface area contributed by atoms with Gasteiger partial charge in [0.1, 0.15) is 5.82 Å². The fraction of sp³-hybridized carbons (Fsp3) is 0.167. The van der Waals surface area contributed by atoms with Crippen LogP contribution in [0.15, 0.2) is 47.1 Å². The molecule has 130 valence electrons. The van der Waals surface area contributed by atoms with E-state index in [1.165, 1.54) is 12.1 Å². The molecule has 0 bridgehead atoms. The second kappa shape index (κ2) is 7.56. The summed E-state index contributed by atoms with van der Waals surface area (Å²) in [5.41, 5.74) is 1.89. The van der Waals surface area contributed by atoms with Crippen LogP contribution in [0.2, 0.25) is 5.02 Å². The Bertz CT molecular complexity index is 929. The van der Waals surface area contributed by atoms with Crippen molar-refractivity contribution >= 4 is 44.3 Å². The number of halogens is 3. The van der Waals surface area contributed by atoms with Crippen LogP contribution in [0.3, 0.4) is 0 Å². The summed E-state index contributed by atoms with van der Waals surface area (Å²) >= 11 is 9.38. The first-order chi connectivity index (χ1) is 12.0. The number of carbonyl (C=O) groups is 1. The van der Waals surface area contributed by atoms with Gasteiger partial charge >= 0.3 is 0 Å². The maximum atomic E-state index is 13.3. The maximum Gasteiger partial charge on any atom is 0.253 e. The van der Waals surface area contributed by atoms with Gasteiger partial charge in [-0.05, 0) is 48.4 Å². The molecule has 3 aromatic rings. The van der Waals surface area contributed by atoms with Crippen molar-refractivity contribution in [1.29, 1.82) is 0 Å². The molecule has 7 heteroatoms. The molecule has 0 aliphatic carbocycles. The molecule has 25 heavy (non-hydrogen) atoms. The lowest BCUT2D eigenvalue weighted by Crippen LogP contribution is -2.39. The normalized spacial score (nSPS) is 12.3. The second-order valence-electron chi connectivity index (χ2n) is 5.69. The number of hydrogen-bond acceptors (Lipinski definition) is 2. The van der Waals surface area contributed by atoms with E-state index in [1.807, 2.05) is 0 Å². The van der Waals surface area contributed by atoms with E-state index in [1.54, 1.807) is 30.5 Å². The van der Waals surface area contributed by atoms with E-state index in [0.29, 0.717) is 22.5 Å². The zero-order valence-electron chi connectivity index (χ0n) is 13.0. The van der Waals surface area contributed by atoms with Gasteiger partial charge in [-0.1, -0.05) is 27.5 Å². The van der Waals surface area contributed by atoms with E-state index < -0.39 is 6.04 Å². The van der Waals surface area contributed by atoms with Gasteiger partial charge in [0.25, 0.3) is 5.91 Å². The molecule has 0 saturated carbocycles. The Kier molecular flexibility index (Phi) is 5.42. The van der Waals surface area contributed by atoms with E-state index >= 15 is 0 Å². The molecule has 4 nitrogen and oxygen atoms in total. The van der Waals surface area contributed by atoms with Crippen LogP contribution in [0.1, 0.15) is 15.9 Å². The summed E-state index contributed by atoms with van der Waals surface area (Å²) in [5.74, 6) is -0.687. The zero-order valence-corrected chi connectivity index (χ0v) is 15.4. The van der Waals surface area contributed by atoms with Gasteiger partial charge in [-0.15, -0.1) is 0 Å². The lowest BCUT2D eigenvalue weighted by molar-refractivity contribution is 0.0916. The highest BCUT2D eigenvalue weighted by Crippen LogP contribution is 2.22. The molecule has 3 rings (SSSR count). The highest BCUT2D eigenvalue weighted by atomic mass is 79.9. The standard InChI is InChI=1S/C18H15BrClFN2O2/c19-11-1-4-16(20)15(6-11)18(25)23-13(9-24)5-10-8-22-17-7-12(21)2-3-14(10)17/h1-4,6-8,13,22,24H,5,9H2,(H,23,25). The van der Waals surface area contributed by atoms with E-state index in [0.717, 1.165) is 15.4 Å². The number of benzene rings is 2. The third-order valence-corrected chi connectivity index (χ3v) is 4.75. The molecule has 0 aliphatic heterocycles. The Morgan fingerprint density at radius 3 is 2.88 bits per heavy atom. The van der Waals surface area contributed by atoms with E-state index in [2.05, 4.69) is 26.2 Å². The highest BCUT2D eigenvalue weighted by Gasteiger charge is 2.18. The Hall–Kier alpha value is -1.89. The number of fused-ring (bicyclic) bond motifs is 1. The fourth-order valence-corrected chi connectivity index (χ4v) is 3.25. The summed E-state index contributed by atoms with van der Waals surface area (Å²) in [7, 11) is 0. The van der Waals surface area contributed by atoms with Crippen LogP contribution in [-0.4, -0.2) is 28.6 Å². The first-order valence-electron chi connectivity index (χ1n) is 7.60. The van der Waals surface area contributed by atoms with Crippen LogP contribution in [0.5, 0.6) is 0 Å². The molecular formula is C18H15BrClFN2O2. The van der Waals surface area contributed by atoms with Crippen molar-refractivity contribution in [2.24, 2.45) is 0 Å². The predicted octanol–water partition coefficient (Wildman–Crippen LogP) is 4.06. The molecule has 1 amide bonds. The van der Waals surface area contributed by atoms with Crippen molar-refractivity contribution in [1.82, 2.24) is 10.3 Å². The Balaban J connectivity index is 1.78. The van der Waals surface area contributed by atoms with Crippen molar-refractivity contribution in [2.75, 3.05) is 6.61 Å². The first kappa shape index (κ1) is 17.9. The molecule has 2 aromatic carbocycles. The van der Waals surface area contributed by atoms with Gasteiger partial charge in [0, 0.05) is 21.6 Å². The summed E-state index contributed by atoms with van der Waals surface area (Å²) in [4.78, 5) is 15.4. The predicted molar refractivity (Wildman–Crippen MR) is 99.5 cm³/mol. The minimum absolute atomic E-state index is 0.231. The fourth-order valence-electron chi connectivity index (χ4n) is 2.69. The molecule has 0 radical (unpaired) electrons. The van der Waals surface area contributed by atoms with Crippen LogP contribution < -0.4 is 5.32 Å². The summed E-state index contributed by atoms with van der Waals surface area (Å²) < 4.78 is 14.0. The zero-order chi connectivity index (χ0) is 18.0. The molecule has 1 unspecified atom stereocenters. The number of aromatic nitrogens is 1. The number of carbonyl (C=O) groups excluding carboxylic acids is 1. The van der Waals surface area contributed by atoms with E-state index in [-0.39, 0.29) is 18.3 Å². The highest BCUT2D eigenvalue weighted by molar-refractivity contribution is 9.10. The minimum Gasteiger partial charge on any atom is -0.394 e. The average Bonchev–Trinajstić information content (AvgIpc) is 2.98. The molecule has 1 heterocycles. The van der Waals surface area contributed by atoms with Gasteiger partial charge in [-0.2, -0.15) is 0 Å². The number of amides is 1. The number of hydrogen-bond donors (Lipinski definition) is 3. The number of H-pyrrole nitrogens is 1. The van der Waals surface area contributed by atoms with E-state index in [4.69, 9.17) is 11.6 Å². The number of aromatic amines is 1. The number of aliphatic hydroxyl groups is 1. The number of rotatable bonds is 5. The summed E-state index contributed by atoms with van der Waals surface area (Å²) in [6.07, 6.45) is 2.16. The van der Waals surface area contributed by atoms with Crippen molar-refractivity contribution in [3.8, 4) is 0 Å². The molecular weight excluding hydrogens is 411 g/mol. The lowest BCUT2D eigenvalue weighted by Gasteiger charge is -2.16. The van der Waals surface area contributed by atoms with Gasteiger partial charge in [-0.25, -0.2) is 4.39 Å². The maximum absolute atomic E-state index is 13.3. The second-order valence-corrected chi connectivity index (χ2v) is 7.01. The minimum atomic E-state index is -0.494. The van der Waals surface area contributed by atoms with Crippen LogP contribution in [-0.2, 0) is 6.42 Å². The Morgan fingerprint density at radius 1 is 1.32 bits per heavy atom. The summed E-state index contributed by atoms with van der Waals surface area (Å²) in [6.45, 7) is -0.231. The Morgan fingerprint density at radius 2 is 2.12 bits per heavy atom. The smallest absolute Gasteiger partial charge is 0.253 e. The topological polar surface area (TPSA) is 65.1 Å². The lowest BCUT2D eigenvalue weighted by atomic mass is 10.0. The van der Waals surface area contributed by atoms with Crippen molar-refractivity contribution in [2.45, 2.75) is 12.5 Å². The van der Waals surface area contributed by atoms with Crippen LogP contribution in [0, 0.1) is 5.82 Å². The third-order valence-electron chi connectivity index (χ3n) is 3.92. The molecule has 0 aliphatic rings. The van der Waals surface area contributed by atoms with Gasteiger partial charge in [0.15, 0.2) is 0 Å². The molecule has 0 saturated heterocycles. The van der Waals surface area contributed by atoms with Crippen molar-refractivity contribution < 1.29 is 14.3 Å². The molecule has 1 aromatic heterocycles. The quantitative estimate of drug-likeness (QED) is 0.577. The Labute approximate surface area is 157 Å². The van der Waals surface area contributed by atoms with Gasteiger partial charge in [0.05, 0.1) is 23.2 Å². The van der Waals surface area contributed by atoms with Gasteiger partial charge in [-0.3, -0.25) is 4.79 Å². The van der Waals surface area contributed by atoms with E-state index in [9.17, 15) is 14.3 Å². The average molecular weight is 426 g/mol. The van der Waals surface area contributed by atoms with Crippen LogP contribution in [0.4, 0.5) is 4.39 Å². The molecule has 3 N–H and O–H groups in total. The number of aliphatic hydroxyl groups excluding tert-OH is 1. The SMILES string of the molecule is O=C(NC(CO)Cc1c[nH]c2cc(F)ccc12)c1cc(Br)ccc1Cl. The first-order valence-corrected chi connectivity index (χ1v) is 8.77. The third kappa shape index (κ3) is 4.03. The van der Waals surface area contributed by atoms with Gasteiger partial charge in [0.2, 0.25) is 0 Å². The van der Waals surface area contributed by atoms with Crippen LogP contribution in [0.25, 0.3) is 10.9 Å². The van der Waals surface area contributed by atoms with Crippen molar-refractivity contribution in [3.05, 3.63) is 69.0 Å². The van der Waals surface area contributed by atoms with Gasteiger partial charge < -0.3 is 15.4 Å². The molecule has 0 fully saturated rings. The van der Waals surface area contributed by atoms with Crippen molar-refractivity contribution in [3.63, 3.8) is 0 Å². The summed E-state index contributed by atoms with van der Waals surface area (Å²) in [5, 5.41) is 13.6. The monoisotopic (exact) mass is 424 g/mol. The summed E-state index contributed by atoms with van der Waals surface area (Å²) in [6, 6.07) is 8.97. The number of nitrogens with one attached hydrogen (secondary N) is 2. The van der Waals surface area contributed by atoms with Crippen LogP contribution >= 0.6 is 27.5 Å².